The zero-order chi connectivity index (χ0) is 23.1. The Bertz CT molecular complexity index is 984. The van der Waals surface area contributed by atoms with Gasteiger partial charge in [-0.1, -0.05) is 56.5 Å². The molecule has 0 heterocycles. The quantitative estimate of drug-likeness (QED) is 0.199. The van der Waals surface area contributed by atoms with Crippen molar-refractivity contribution in [3.05, 3.63) is 95.6 Å². The van der Waals surface area contributed by atoms with Crippen molar-refractivity contribution in [1.29, 1.82) is 0 Å². The molecule has 172 valence electrons. The molecule has 0 aliphatic heterocycles. The molecule has 33 heavy (non-hydrogen) atoms. The van der Waals surface area contributed by atoms with Crippen LogP contribution in [0.5, 0.6) is 11.5 Å². The van der Waals surface area contributed by atoms with Gasteiger partial charge in [-0.2, -0.15) is 5.10 Å². The number of hydrogen-bond acceptors (Lipinski definition) is 4. The molecule has 0 spiro atoms. The normalized spacial score (nSPS) is 10.8. The van der Waals surface area contributed by atoms with Crippen molar-refractivity contribution in [2.24, 2.45) is 5.10 Å². The molecule has 1 amide bonds. The lowest BCUT2D eigenvalue weighted by molar-refractivity contribution is 0.0955. The van der Waals surface area contributed by atoms with Crippen LogP contribution >= 0.6 is 0 Å². The number of nitrogens with one attached hydrogen (secondary N) is 1. The minimum absolute atomic E-state index is 0.242. The number of hydrazone groups is 1. The summed E-state index contributed by atoms with van der Waals surface area (Å²) in [7, 11) is 0. The molecule has 0 radical (unpaired) electrons. The van der Waals surface area contributed by atoms with E-state index in [0.29, 0.717) is 18.8 Å². The van der Waals surface area contributed by atoms with Gasteiger partial charge in [0.1, 0.15) is 24.7 Å². The molecule has 0 bridgehead atoms. The van der Waals surface area contributed by atoms with Gasteiger partial charge in [-0.05, 0) is 72.5 Å². The lowest BCUT2D eigenvalue weighted by Gasteiger charge is -2.09. The maximum Gasteiger partial charge on any atom is 0.271 e. The van der Waals surface area contributed by atoms with Crippen LogP contribution in [0.1, 0.15) is 54.1 Å². The molecule has 3 aromatic rings. The maximum absolute atomic E-state index is 12.0. The Morgan fingerprint density at radius 3 is 2.09 bits per heavy atom. The fraction of sp³-hybridized carbons (Fsp3) is 0.286. The lowest BCUT2D eigenvalue weighted by atomic mass is 10.1. The van der Waals surface area contributed by atoms with Gasteiger partial charge in [0.2, 0.25) is 0 Å². The summed E-state index contributed by atoms with van der Waals surface area (Å²) in [6.45, 7) is 3.17. The fourth-order valence-electron chi connectivity index (χ4n) is 3.30. The summed E-state index contributed by atoms with van der Waals surface area (Å²) in [5, 5.41) is 4.00. The van der Waals surface area contributed by atoms with E-state index in [1.54, 1.807) is 18.3 Å². The minimum atomic E-state index is -0.242. The second-order valence-electron chi connectivity index (χ2n) is 7.79. The summed E-state index contributed by atoms with van der Waals surface area (Å²) >= 11 is 0. The van der Waals surface area contributed by atoms with Gasteiger partial charge in [-0.15, -0.1) is 0 Å². The van der Waals surface area contributed by atoms with Gasteiger partial charge >= 0.3 is 0 Å². The van der Waals surface area contributed by atoms with Gasteiger partial charge in [-0.25, -0.2) is 5.43 Å². The third-order valence-corrected chi connectivity index (χ3v) is 5.16. The first-order valence-corrected chi connectivity index (χ1v) is 11.6. The summed E-state index contributed by atoms with van der Waals surface area (Å²) in [4.78, 5) is 12.0. The average molecular weight is 445 g/mol. The Hall–Kier alpha value is -3.60. The van der Waals surface area contributed by atoms with Crippen molar-refractivity contribution >= 4 is 12.1 Å². The van der Waals surface area contributed by atoms with E-state index in [4.69, 9.17) is 9.47 Å². The van der Waals surface area contributed by atoms with Gasteiger partial charge < -0.3 is 9.47 Å². The Balaban J connectivity index is 1.33. The third-order valence-electron chi connectivity index (χ3n) is 5.16. The summed E-state index contributed by atoms with van der Waals surface area (Å²) in [6, 6.07) is 24.8. The average Bonchev–Trinajstić information content (AvgIpc) is 2.86. The van der Waals surface area contributed by atoms with E-state index in [1.165, 1.54) is 31.2 Å². The number of nitrogens with zero attached hydrogens (tertiary/aromatic N) is 1. The standard InChI is InChI=1S/C28H32N2O3/c1-2-3-4-6-9-23-12-16-26(17-13-23)32-20-21-33-27-18-14-24(15-19-27)22-29-30-28(31)25-10-7-5-8-11-25/h5,7-8,10-19,22H,2-4,6,9,20-21H2,1H3,(H,30,31)/b29-22+. The first-order chi connectivity index (χ1) is 16.2. The van der Waals surface area contributed by atoms with E-state index in [0.717, 1.165) is 23.5 Å². The van der Waals surface area contributed by atoms with Crippen molar-refractivity contribution < 1.29 is 14.3 Å². The number of ether oxygens (including phenoxy) is 2. The molecule has 3 rings (SSSR count). The van der Waals surface area contributed by atoms with Crippen molar-refractivity contribution in [1.82, 2.24) is 5.43 Å². The molecule has 1 N–H and O–H groups in total. The highest BCUT2D eigenvalue weighted by molar-refractivity contribution is 5.94. The maximum atomic E-state index is 12.0. The summed E-state index contributed by atoms with van der Waals surface area (Å²) in [5.41, 5.74) is 5.31. The summed E-state index contributed by atoms with van der Waals surface area (Å²) in [6.07, 6.45) is 7.84. The van der Waals surface area contributed by atoms with E-state index in [2.05, 4.69) is 29.6 Å². The van der Waals surface area contributed by atoms with Crippen LogP contribution in [0.2, 0.25) is 0 Å². The van der Waals surface area contributed by atoms with Gasteiger partial charge in [-0.3, -0.25) is 4.79 Å². The molecule has 5 heteroatoms. The molecule has 5 nitrogen and oxygen atoms in total. The van der Waals surface area contributed by atoms with E-state index >= 15 is 0 Å². The second-order valence-corrected chi connectivity index (χ2v) is 7.79. The molecular weight excluding hydrogens is 412 g/mol. The predicted octanol–water partition coefficient (Wildman–Crippen LogP) is 6.03. The van der Waals surface area contributed by atoms with E-state index in [9.17, 15) is 4.79 Å². The number of rotatable bonds is 13. The second kappa shape index (κ2) is 13.7. The molecular formula is C28H32N2O3. The zero-order valence-corrected chi connectivity index (χ0v) is 19.2. The summed E-state index contributed by atoms with van der Waals surface area (Å²) in [5.74, 6) is 1.37. The molecule has 0 atom stereocenters. The Morgan fingerprint density at radius 2 is 1.45 bits per heavy atom. The highest BCUT2D eigenvalue weighted by atomic mass is 16.5. The van der Waals surface area contributed by atoms with Crippen LogP contribution in [0.4, 0.5) is 0 Å². The highest BCUT2D eigenvalue weighted by Gasteiger charge is 2.02. The van der Waals surface area contributed by atoms with E-state index in [-0.39, 0.29) is 5.91 Å². The lowest BCUT2D eigenvalue weighted by Crippen LogP contribution is -2.17. The van der Waals surface area contributed by atoms with Crippen LogP contribution in [0, 0.1) is 0 Å². The molecule has 0 aromatic heterocycles. The fourth-order valence-corrected chi connectivity index (χ4v) is 3.30. The smallest absolute Gasteiger partial charge is 0.271 e. The third kappa shape index (κ3) is 8.81. The largest absolute Gasteiger partial charge is 0.490 e. The topological polar surface area (TPSA) is 59.9 Å². The molecule has 0 unspecified atom stereocenters. The molecule has 0 saturated carbocycles. The number of carbonyl (C=O) groups is 1. The van der Waals surface area contributed by atoms with Crippen LogP contribution in [-0.4, -0.2) is 25.3 Å². The molecule has 0 aliphatic carbocycles. The number of benzene rings is 3. The number of unbranched alkanes of at least 4 members (excludes halogenated alkanes) is 3. The summed E-state index contributed by atoms with van der Waals surface area (Å²) < 4.78 is 11.5. The molecule has 0 saturated heterocycles. The van der Waals surface area contributed by atoms with Gasteiger partial charge in [0.05, 0.1) is 6.21 Å². The minimum Gasteiger partial charge on any atom is -0.490 e. The molecule has 0 fully saturated rings. The van der Waals surface area contributed by atoms with Crippen LogP contribution in [0.25, 0.3) is 0 Å². The first-order valence-electron chi connectivity index (χ1n) is 11.6. The Morgan fingerprint density at radius 1 is 0.818 bits per heavy atom. The first kappa shape index (κ1) is 24.1. The number of aryl methyl sites for hydroxylation is 1. The van der Waals surface area contributed by atoms with Crippen molar-refractivity contribution in [3.8, 4) is 11.5 Å². The Labute approximate surface area is 196 Å². The number of amides is 1. The number of hydrogen-bond donors (Lipinski definition) is 1. The zero-order valence-electron chi connectivity index (χ0n) is 19.2. The monoisotopic (exact) mass is 444 g/mol. The Kier molecular flexibility index (Phi) is 10.0. The van der Waals surface area contributed by atoms with Crippen LogP contribution < -0.4 is 14.9 Å². The van der Waals surface area contributed by atoms with Crippen LogP contribution in [0.15, 0.2) is 84.0 Å². The van der Waals surface area contributed by atoms with Gasteiger partial charge in [0, 0.05) is 5.56 Å². The van der Waals surface area contributed by atoms with Crippen molar-refractivity contribution in [2.75, 3.05) is 13.2 Å². The van der Waals surface area contributed by atoms with Crippen molar-refractivity contribution in [2.45, 2.75) is 39.0 Å². The SMILES string of the molecule is CCCCCCc1ccc(OCCOc2ccc(/C=N/NC(=O)c3ccccc3)cc2)cc1. The van der Waals surface area contributed by atoms with Gasteiger partial charge in [0.25, 0.3) is 5.91 Å². The molecule has 0 aliphatic rings. The van der Waals surface area contributed by atoms with Gasteiger partial charge in [0.15, 0.2) is 0 Å². The van der Waals surface area contributed by atoms with Crippen LogP contribution in [0.3, 0.4) is 0 Å². The van der Waals surface area contributed by atoms with Crippen LogP contribution in [-0.2, 0) is 6.42 Å². The highest BCUT2D eigenvalue weighted by Crippen LogP contribution is 2.15. The van der Waals surface area contributed by atoms with E-state index in [1.807, 2.05) is 54.6 Å². The number of carbonyl (C=O) groups excluding carboxylic acids is 1. The molecule has 3 aromatic carbocycles. The van der Waals surface area contributed by atoms with Crippen molar-refractivity contribution in [3.63, 3.8) is 0 Å². The predicted molar refractivity (Wildman–Crippen MR) is 133 cm³/mol. The van der Waals surface area contributed by atoms with E-state index < -0.39 is 0 Å².